The highest BCUT2D eigenvalue weighted by atomic mass is 16.6. The van der Waals surface area contributed by atoms with Crippen molar-refractivity contribution in [3.63, 3.8) is 0 Å². The second-order valence-corrected chi connectivity index (χ2v) is 5.23. The molecule has 0 aliphatic carbocycles. The summed E-state index contributed by atoms with van der Waals surface area (Å²) < 4.78 is 11.0. The van der Waals surface area contributed by atoms with Gasteiger partial charge in [-0.1, -0.05) is 13.0 Å². The number of fused-ring (bicyclic) bond motifs is 1. The van der Waals surface area contributed by atoms with E-state index in [0.29, 0.717) is 19.6 Å². The minimum Gasteiger partial charge on any atom is -0.486 e. The molecule has 0 bridgehead atoms. The monoisotopic (exact) mass is 263 g/mol. The van der Waals surface area contributed by atoms with Crippen molar-refractivity contribution in [1.82, 2.24) is 5.32 Å². The maximum atomic E-state index is 11.8. The Balaban J connectivity index is 2.03. The third-order valence-electron chi connectivity index (χ3n) is 3.08. The Kier molecular flexibility index (Phi) is 4.30. The third kappa shape index (κ3) is 3.63. The van der Waals surface area contributed by atoms with Crippen molar-refractivity contribution in [2.75, 3.05) is 13.2 Å². The molecule has 1 N–H and O–H groups in total. The standard InChI is InChI=1S/C15H21NO3/c1-10(2)16-15(17)8-11(3)12-4-5-13-14(9-12)19-7-6-18-13/h4-5,9-11H,6-8H2,1-3H3,(H,16,17). The van der Waals surface area contributed by atoms with Gasteiger partial charge in [-0.3, -0.25) is 4.79 Å². The van der Waals surface area contributed by atoms with Crippen molar-refractivity contribution in [2.24, 2.45) is 0 Å². The Morgan fingerprint density at radius 1 is 1.21 bits per heavy atom. The Bertz CT molecular complexity index is 457. The van der Waals surface area contributed by atoms with Gasteiger partial charge in [0.25, 0.3) is 0 Å². The molecule has 1 heterocycles. The van der Waals surface area contributed by atoms with E-state index in [-0.39, 0.29) is 17.9 Å². The Labute approximate surface area is 114 Å². The molecule has 1 aliphatic rings. The summed E-state index contributed by atoms with van der Waals surface area (Å²) in [6.45, 7) is 7.15. The summed E-state index contributed by atoms with van der Waals surface area (Å²) in [5, 5.41) is 2.91. The predicted octanol–water partition coefficient (Wildman–Crippen LogP) is 2.48. The van der Waals surface area contributed by atoms with Gasteiger partial charge in [0.2, 0.25) is 5.91 Å². The first-order valence-corrected chi connectivity index (χ1v) is 6.75. The minimum absolute atomic E-state index is 0.0809. The van der Waals surface area contributed by atoms with Crippen LogP contribution in [0.1, 0.15) is 38.7 Å². The molecular weight excluding hydrogens is 242 g/mol. The molecule has 0 saturated carbocycles. The van der Waals surface area contributed by atoms with E-state index in [4.69, 9.17) is 9.47 Å². The molecule has 4 nitrogen and oxygen atoms in total. The van der Waals surface area contributed by atoms with Crippen molar-refractivity contribution >= 4 is 5.91 Å². The topological polar surface area (TPSA) is 47.6 Å². The van der Waals surface area contributed by atoms with Crippen LogP contribution in [0, 0.1) is 0 Å². The second kappa shape index (κ2) is 5.95. The van der Waals surface area contributed by atoms with Crippen LogP contribution in [0.2, 0.25) is 0 Å². The van der Waals surface area contributed by atoms with Crippen LogP contribution < -0.4 is 14.8 Å². The summed E-state index contributed by atoms with van der Waals surface area (Å²) in [4.78, 5) is 11.8. The predicted molar refractivity (Wildman–Crippen MR) is 73.7 cm³/mol. The van der Waals surface area contributed by atoms with E-state index in [9.17, 15) is 4.79 Å². The van der Waals surface area contributed by atoms with Gasteiger partial charge in [0.15, 0.2) is 11.5 Å². The fraction of sp³-hybridized carbons (Fsp3) is 0.533. The summed E-state index contributed by atoms with van der Waals surface area (Å²) in [6.07, 6.45) is 0.484. The third-order valence-corrected chi connectivity index (χ3v) is 3.08. The smallest absolute Gasteiger partial charge is 0.220 e. The van der Waals surface area contributed by atoms with Crippen molar-refractivity contribution in [1.29, 1.82) is 0 Å². The number of hydrogen-bond acceptors (Lipinski definition) is 3. The maximum Gasteiger partial charge on any atom is 0.220 e. The number of benzene rings is 1. The molecule has 0 aromatic heterocycles. The Morgan fingerprint density at radius 3 is 2.58 bits per heavy atom. The number of nitrogens with one attached hydrogen (secondary N) is 1. The Hall–Kier alpha value is -1.71. The van der Waals surface area contributed by atoms with Gasteiger partial charge in [-0.15, -0.1) is 0 Å². The molecule has 1 aliphatic heterocycles. The molecule has 1 atom stereocenters. The highest BCUT2D eigenvalue weighted by Crippen LogP contribution is 2.33. The zero-order chi connectivity index (χ0) is 13.8. The van der Waals surface area contributed by atoms with Crippen molar-refractivity contribution < 1.29 is 14.3 Å². The lowest BCUT2D eigenvalue weighted by Gasteiger charge is -2.20. The molecule has 1 aromatic rings. The summed E-state index contributed by atoms with van der Waals surface area (Å²) in [5.74, 6) is 1.81. The largest absolute Gasteiger partial charge is 0.486 e. The molecule has 1 unspecified atom stereocenters. The van der Waals surface area contributed by atoms with Gasteiger partial charge in [0.05, 0.1) is 0 Å². The molecular formula is C15H21NO3. The second-order valence-electron chi connectivity index (χ2n) is 5.23. The highest BCUT2D eigenvalue weighted by molar-refractivity contribution is 5.77. The zero-order valence-corrected chi connectivity index (χ0v) is 11.7. The molecule has 2 rings (SSSR count). The first kappa shape index (κ1) is 13.7. The number of carbonyl (C=O) groups is 1. The van der Waals surface area contributed by atoms with E-state index in [0.717, 1.165) is 17.1 Å². The van der Waals surface area contributed by atoms with Crippen LogP contribution in [-0.2, 0) is 4.79 Å². The van der Waals surface area contributed by atoms with E-state index in [2.05, 4.69) is 5.32 Å². The molecule has 0 radical (unpaired) electrons. The van der Waals surface area contributed by atoms with E-state index in [1.807, 2.05) is 39.0 Å². The number of amides is 1. The van der Waals surface area contributed by atoms with E-state index in [1.165, 1.54) is 0 Å². The van der Waals surface area contributed by atoms with Crippen LogP contribution >= 0.6 is 0 Å². The lowest BCUT2D eigenvalue weighted by atomic mass is 9.97. The number of carbonyl (C=O) groups excluding carboxylic acids is 1. The quantitative estimate of drug-likeness (QED) is 0.907. The SMILES string of the molecule is CC(C)NC(=O)CC(C)c1ccc2c(c1)OCCO2. The fourth-order valence-electron chi connectivity index (χ4n) is 2.14. The van der Waals surface area contributed by atoms with Gasteiger partial charge < -0.3 is 14.8 Å². The van der Waals surface area contributed by atoms with Gasteiger partial charge >= 0.3 is 0 Å². The highest BCUT2D eigenvalue weighted by Gasteiger charge is 2.16. The van der Waals surface area contributed by atoms with Gasteiger partial charge in [0, 0.05) is 12.5 Å². The van der Waals surface area contributed by atoms with Crippen molar-refractivity contribution in [2.45, 2.75) is 39.2 Å². The molecule has 1 amide bonds. The maximum absolute atomic E-state index is 11.8. The molecule has 4 heteroatoms. The summed E-state index contributed by atoms with van der Waals surface area (Å²) in [5.41, 5.74) is 1.10. The minimum atomic E-state index is 0.0809. The lowest BCUT2D eigenvalue weighted by Crippen LogP contribution is -2.30. The molecule has 104 valence electrons. The van der Waals surface area contributed by atoms with Crippen LogP contribution in [0.5, 0.6) is 11.5 Å². The average molecular weight is 263 g/mol. The van der Waals surface area contributed by atoms with Gasteiger partial charge in [0.1, 0.15) is 13.2 Å². The first-order valence-electron chi connectivity index (χ1n) is 6.75. The van der Waals surface area contributed by atoms with E-state index >= 15 is 0 Å². The number of rotatable bonds is 4. The molecule has 0 saturated heterocycles. The summed E-state index contributed by atoms with van der Waals surface area (Å²) >= 11 is 0. The summed E-state index contributed by atoms with van der Waals surface area (Å²) in [7, 11) is 0. The van der Waals surface area contributed by atoms with Crippen LogP contribution in [-0.4, -0.2) is 25.2 Å². The van der Waals surface area contributed by atoms with Gasteiger partial charge in [-0.25, -0.2) is 0 Å². The van der Waals surface area contributed by atoms with Crippen LogP contribution in [0.4, 0.5) is 0 Å². The van der Waals surface area contributed by atoms with Crippen LogP contribution in [0.25, 0.3) is 0 Å². The van der Waals surface area contributed by atoms with E-state index < -0.39 is 0 Å². The normalized spacial score (nSPS) is 15.2. The zero-order valence-electron chi connectivity index (χ0n) is 11.7. The first-order chi connectivity index (χ1) is 9.06. The van der Waals surface area contributed by atoms with Crippen LogP contribution in [0.3, 0.4) is 0 Å². The van der Waals surface area contributed by atoms with Crippen molar-refractivity contribution in [3.8, 4) is 11.5 Å². The van der Waals surface area contributed by atoms with Gasteiger partial charge in [-0.2, -0.15) is 0 Å². The Morgan fingerprint density at radius 2 is 1.89 bits per heavy atom. The average Bonchev–Trinajstić information content (AvgIpc) is 2.37. The number of ether oxygens (including phenoxy) is 2. The fourth-order valence-corrected chi connectivity index (χ4v) is 2.14. The molecule has 0 fully saturated rings. The van der Waals surface area contributed by atoms with Crippen LogP contribution in [0.15, 0.2) is 18.2 Å². The van der Waals surface area contributed by atoms with E-state index in [1.54, 1.807) is 0 Å². The lowest BCUT2D eigenvalue weighted by molar-refractivity contribution is -0.121. The molecule has 1 aromatic carbocycles. The molecule has 19 heavy (non-hydrogen) atoms. The number of hydrogen-bond donors (Lipinski definition) is 1. The van der Waals surface area contributed by atoms with Gasteiger partial charge in [-0.05, 0) is 37.5 Å². The molecule has 0 spiro atoms. The summed E-state index contributed by atoms with van der Waals surface area (Å²) in [6, 6.07) is 6.07. The van der Waals surface area contributed by atoms with Crippen molar-refractivity contribution in [3.05, 3.63) is 23.8 Å².